The van der Waals surface area contributed by atoms with E-state index in [0.29, 0.717) is 19.6 Å². The Morgan fingerprint density at radius 1 is 1.58 bits per heavy atom. The van der Waals surface area contributed by atoms with Gasteiger partial charge in [0, 0.05) is 18.9 Å². The minimum Gasteiger partial charge on any atom is -0.396 e. The Kier molecular flexibility index (Phi) is 3.94. The molecule has 0 aromatic heterocycles. The van der Waals surface area contributed by atoms with Crippen LogP contribution in [-0.2, 0) is 9.47 Å². The van der Waals surface area contributed by atoms with Crippen molar-refractivity contribution < 1.29 is 19.7 Å². The second kappa shape index (κ2) is 4.77. The van der Waals surface area contributed by atoms with Crippen molar-refractivity contribution in [3.05, 3.63) is 0 Å². The second-order valence-corrected chi connectivity index (χ2v) is 2.96. The van der Waals surface area contributed by atoms with Crippen LogP contribution in [0.2, 0.25) is 0 Å². The monoisotopic (exact) mass is 176 g/mol. The summed E-state index contributed by atoms with van der Waals surface area (Å²) in [6, 6.07) is 0. The van der Waals surface area contributed by atoms with Crippen LogP contribution in [0.25, 0.3) is 0 Å². The fourth-order valence-electron chi connectivity index (χ4n) is 1.28. The lowest BCUT2D eigenvalue weighted by Gasteiger charge is -2.31. The summed E-state index contributed by atoms with van der Waals surface area (Å²) in [6.07, 6.45) is -0.341. The minimum atomic E-state index is -0.500. The molecule has 4 heteroatoms. The van der Waals surface area contributed by atoms with E-state index in [4.69, 9.17) is 14.6 Å². The van der Waals surface area contributed by atoms with Crippen LogP contribution in [0.4, 0.5) is 0 Å². The highest BCUT2D eigenvalue weighted by molar-refractivity contribution is 4.73. The van der Waals surface area contributed by atoms with Crippen molar-refractivity contribution in [1.29, 1.82) is 0 Å². The highest BCUT2D eigenvalue weighted by atomic mass is 16.7. The summed E-state index contributed by atoms with van der Waals surface area (Å²) in [5.74, 6) is -0.151. The van der Waals surface area contributed by atoms with Crippen LogP contribution in [0, 0.1) is 5.92 Å². The first kappa shape index (κ1) is 9.92. The molecule has 0 unspecified atom stereocenters. The molecule has 1 aliphatic rings. The van der Waals surface area contributed by atoms with Crippen molar-refractivity contribution in [1.82, 2.24) is 0 Å². The molecule has 72 valence electrons. The molecule has 4 nitrogen and oxygen atoms in total. The number of hydrogen-bond donors (Lipinski definition) is 2. The zero-order chi connectivity index (χ0) is 8.97. The molecule has 1 aliphatic heterocycles. The van der Waals surface area contributed by atoms with Gasteiger partial charge in [-0.15, -0.1) is 0 Å². The maximum atomic E-state index is 9.45. The van der Waals surface area contributed by atoms with Gasteiger partial charge in [-0.25, -0.2) is 0 Å². The van der Waals surface area contributed by atoms with Crippen molar-refractivity contribution in [3.63, 3.8) is 0 Å². The van der Waals surface area contributed by atoms with Crippen LogP contribution in [0.1, 0.15) is 13.3 Å². The zero-order valence-electron chi connectivity index (χ0n) is 7.27. The molecule has 0 spiro atoms. The van der Waals surface area contributed by atoms with E-state index in [2.05, 4.69) is 0 Å². The molecule has 1 rings (SSSR count). The van der Waals surface area contributed by atoms with Gasteiger partial charge >= 0.3 is 0 Å². The quantitative estimate of drug-likeness (QED) is 0.622. The summed E-state index contributed by atoms with van der Waals surface area (Å²) in [6.45, 7) is 2.82. The summed E-state index contributed by atoms with van der Waals surface area (Å²) in [7, 11) is 0. The van der Waals surface area contributed by atoms with Crippen LogP contribution in [-0.4, -0.2) is 42.4 Å². The molecule has 1 saturated heterocycles. The lowest BCUT2D eigenvalue weighted by Crippen LogP contribution is -2.40. The molecular weight excluding hydrogens is 160 g/mol. The normalized spacial score (nSPS) is 36.8. The Labute approximate surface area is 72.1 Å². The first-order valence-electron chi connectivity index (χ1n) is 4.30. The third-order valence-corrected chi connectivity index (χ3v) is 2.06. The van der Waals surface area contributed by atoms with Crippen LogP contribution < -0.4 is 0 Å². The molecule has 12 heavy (non-hydrogen) atoms. The minimum absolute atomic E-state index is 0.0278. The molecule has 1 heterocycles. The van der Waals surface area contributed by atoms with Gasteiger partial charge in [0.25, 0.3) is 0 Å². The zero-order valence-corrected chi connectivity index (χ0v) is 7.27. The third kappa shape index (κ3) is 2.42. The largest absolute Gasteiger partial charge is 0.396 e. The fourth-order valence-corrected chi connectivity index (χ4v) is 1.28. The number of aliphatic hydroxyl groups excluding tert-OH is 2. The summed E-state index contributed by atoms with van der Waals surface area (Å²) in [4.78, 5) is 0. The van der Waals surface area contributed by atoms with E-state index in [1.807, 2.05) is 6.92 Å². The summed E-state index contributed by atoms with van der Waals surface area (Å²) in [5, 5.41) is 18.2. The van der Waals surface area contributed by atoms with Crippen molar-refractivity contribution in [2.45, 2.75) is 25.7 Å². The van der Waals surface area contributed by atoms with Crippen molar-refractivity contribution in [2.75, 3.05) is 19.8 Å². The number of ether oxygens (including phenoxy) is 2. The fraction of sp³-hybridized carbons (Fsp3) is 1.00. The number of aliphatic hydroxyl groups is 2. The van der Waals surface area contributed by atoms with Gasteiger partial charge in [-0.05, 0) is 6.92 Å². The van der Waals surface area contributed by atoms with E-state index in [0.717, 1.165) is 0 Å². The third-order valence-electron chi connectivity index (χ3n) is 2.06. The Bertz CT molecular complexity index is 128. The maximum absolute atomic E-state index is 9.45. The summed E-state index contributed by atoms with van der Waals surface area (Å²) < 4.78 is 10.4. The molecule has 0 saturated carbocycles. The Balaban J connectivity index is 2.30. The molecule has 0 radical (unpaired) electrons. The molecule has 0 aromatic rings. The Morgan fingerprint density at radius 2 is 2.33 bits per heavy atom. The predicted molar refractivity (Wildman–Crippen MR) is 42.6 cm³/mol. The molecule has 0 aliphatic carbocycles. The number of hydrogen-bond acceptors (Lipinski definition) is 4. The highest BCUT2D eigenvalue weighted by Gasteiger charge is 2.29. The molecule has 1 fully saturated rings. The van der Waals surface area contributed by atoms with Crippen LogP contribution in [0.3, 0.4) is 0 Å². The van der Waals surface area contributed by atoms with Gasteiger partial charge in [0.2, 0.25) is 0 Å². The number of rotatable bonds is 3. The van der Waals surface area contributed by atoms with Gasteiger partial charge in [-0.3, -0.25) is 0 Å². The van der Waals surface area contributed by atoms with E-state index in [9.17, 15) is 5.11 Å². The first-order valence-corrected chi connectivity index (χ1v) is 4.30. The summed E-state index contributed by atoms with van der Waals surface area (Å²) in [5.41, 5.74) is 0. The lowest BCUT2D eigenvalue weighted by molar-refractivity contribution is -0.204. The lowest BCUT2D eigenvalue weighted by atomic mass is 9.99. The van der Waals surface area contributed by atoms with Crippen LogP contribution in [0.5, 0.6) is 0 Å². The van der Waals surface area contributed by atoms with Crippen molar-refractivity contribution in [3.8, 4) is 0 Å². The van der Waals surface area contributed by atoms with Gasteiger partial charge in [0.05, 0.1) is 19.3 Å². The van der Waals surface area contributed by atoms with Gasteiger partial charge < -0.3 is 19.7 Å². The van der Waals surface area contributed by atoms with E-state index in [-0.39, 0.29) is 18.8 Å². The molecule has 0 aromatic carbocycles. The first-order chi connectivity index (χ1) is 5.77. The average Bonchev–Trinajstić information content (AvgIpc) is 2.05. The highest BCUT2D eigenvalue weighted by Crippen LogP contribution is 2.19. The molecule has 0 amide bonds. The van der Waals surface area contributed by atoms with E-state index < -0.39 is 6.10 Å². The van der Waals surface area contributed by atoms with Gasteiger partial charge in [-0.1, -0.05) is 0 Å². The predicted octanol–water partition coefficient (Wildman–Crippen LogP) is -0.261. The summed E-state index contributed by atoms with van der Waals surface area (Å²) >= 11 is 0. The van der Waals surface area contributed by atoms with Gasteiger partial charge in [-0.2, -0.15) is 0 Å². The van der Waals surface area contributed by atoms with Crippen molar-refractivity contribution in [2.24, 2.45) is 5.92 Å². The Hall–Kier alpha value is -0.160. The molecule has 0 bridgehead atoms. The maximum Gasteiger partial charge on any atom is 0.160 e. The molecule has 2 N–H and O–H groups in total. The smallest absolute Gasteiger partial charge is 0.160 e. The molecule has 3 atom stereocenters. The van der Waals surface area contributed by atoms with Crippen molar-refractivity contribution >= 4 is 0 Å². The standard InChI is InChI=1S/C8H16O4/c1-2-11-8-3-7(10)6(4-9)5-12-8/h6-10H,2-5H2,1H3/t6-,7-,8+/m1/s1. The van der Waals surface area contributed by atoms with Crippen LogP contribution in [0.15, 0.2) is 0 Å². The van der Waals surface area contributed by atoms with Gasteiger partial charge in [0.1, 0.15) is 0 Å². The van der Waals surface area contributed by atoms with E-state index in [1.165, 1.54) is 0 Å². The van der Waals surface area contributed by atoms with Gasteiger partial charge in [0.15, 0.2) is 6.29 Å². The van der Waals surface area contributed by atoms with Crippen LogP contribution >= 0.6 is 0 Å². The average molecular weight is 176 g/mol. The SMILES string of the molecule is CCO[C@@H]1C[C@@H](O)[C@H](CO)CO1. The topological polar surface area (TPSA) is 58.9 Å². The Morgan fingerprint density at radius 3 is 2.83 bits per heavy atom. The van der Waals surface area contributed by atoms with E-state index in [1.54, 1.807) is 0 Å². The molecular formula is C8H16O4. The second-order valence-electron chi connectivity index (χ2n) is 2.96. The van der Waals surface area contributed by atoms with E-state index >= 15 is 0 Å².